The van der Waals surface area contributed by atoms with Crippen molar-refractivity contribution in [1.29, 1.82) is 0 Å². The Kier molecular flexibility index (Phi) is 18.0. The standard InChI is InChI=1S/C21H24N2O3.C14H20N2O2.C7H5ClO.CH2Cl2/c1-21(2,3)26-20(25)22-17-13-16-11-7-8-12-18(16)23(14-17)19(24)15-9-5-4-6-10-15;1-14(2,3)18-13(17)16-11-8-10-6-4-5-7-12(10)15-9-11;8-7(9)6-4-2-1-3-5-6;2-1-3/h4-12,17H,13-14H2,1-3H3,(H,22,25);4-7,11,15H,8-9H2,1-3H3,(H,16,17);1-5H;1H2. The van der Waals surface area contributed by atoms with Crippen molar-refractivity contribution in [3.8, 4) is 0 Å². The molecule has 300 valence electrons. The summed E-state index contributed by atoms with van der Waals surface area (Å²) < 4.78 is 10.6. The highest BCUT2D eigenvalue weighted by molar-refractivity contribution is 6.67. The molecule has 3 N–H and O–H groups in total. The topological polar surface area (TPSA) is 126 Å². The number of benzene rings is 4. The highest BCUT2D eigenvalue weighted by Crippen LogP contribution is 2.29. The largest absolute Gasteiger partial charge is 0.444 e. The number of alkyl halides is 2. The molecular formula is C43H51Cl3N4O6. The van der Waals surface area contributed by atoms with E-state index in [0.29, 0.717) is 24.1 Å². The van der Waals surface area contributed by atoms with Gasteiger partial charge in [-0.1, -0.05) is 84.9 Å². The van der Waals surface area contributed by atoms with Gasteiger partial charge >= 0.3 is 12.2 Å². The number of rotatable bonds is 4. The second kappa shape index (κ2) is 22.1. The molecule has 0 aliphatic carbocycles. The van der Waals surface area contributed by atoms with Crippen molar-refractivity contribution in [2.75, 3.05) is 28.6 Å². The van der Waals surface area contributed by atoms with Gasteiger partial charge in [-0.25, -0.2) is 9.59 Å². The Morgan fingerprint density at radius 2 is 1.11 bits per heavy atom. The molecule has 56 heavy (non-hydrogen) atoms. The molecule has 0 spiro atoms. The van der Waals surface area contributed by atoms with Gasteiger partial charge in [-0.05, 0) is 101 Å². The van der Waals surface area contributed by atoms with Crippen LogP contribution in [0.2, 0.25) is 0 Å². The Balaban J connectivity index is 0.000000241. The lowest BCUT2D eigenvalue weighted by atomic mass is 9.97. The fourth-order valence-electron chi connectivity index (χ4n) is 5.68. The number of carbonyl (C=O) groups excluding carboxylic acids is 4. The van der Waals surface area contributed by atoms with Crippen molar-refractivity contribution < 1.29 is 28.7 Å². The maximum Gasteiger partial charge on any atom is 0.407 e. The number of hydrogen-bond acceptors (Lipinski definition) is 7. The highest BCUT2D eigenvalue weighted by atomic mass is 35.5. The van der Waals surface area contributed by atoms with Crippen LogP contribution in [0.25, 0.3) is 0 Å². The molecule has 10 nitrogen and oxygen atoms in total. The summed E-state index contributed by atoms with van der Waals surface area (Å²) in [6.07, 6.45) is 0.679. The third-order valence-corrected chi connectivity index (χ3v) is 8.10. The summed E-state index contributed by atoms with van der Waals surface area (Å²) >= 11 is 14.7. The van der Waals surface area contributed by atoms with Gasteiger partial charge in [-0.2, -0.15) is 0 Å². The number of fused-ring (bicyclic) bond motifs is 2. The molecule has 2 aliphatic heterocycles. The van der Waals surface area contributed by atoms with E-state index in [0.717, 1.165) is 29.9 Å². The molecule has 2 unspecified atom stereocenters. The van der Waals surface area contributed by atoms with Crippen molar-refractivity contribution in [2.45, 2.75) is 77.7 Å². The molecule has 2 aliphatic rings. The molecule has 0 fully saturated rings. The van der Waals surface area contributed by atoms with Gasteiger partial charge < -0.3 is 30.3 Å². The van der Waals surface area contributed by atoms with Gasteiger partial charge in [0.25, 0.3) is 11.1 Å². The molecule has 4 aromatic carbocycles. The number of halogens is 3. The summed E-state index contributed by atoms with van der Waals surface area (Å²) in [5.41, 5.74) is 4.46. The number of nitrogens with zero attached hydrogens (tertiary/aromatic N) is 1. The predicted octanol–water partition coefficient (Wildman–Crippen LogP) is 9.82. The lowest BCUT2D eigenvalue weighted by Gasteiger charge is -2.35. The van der Waals surface area contributed by atoms with Gasteiger partial charge in [0, 0.05) is 35.6 Å². The van der Waals surface area contributed by atoms with Crippen LogP contribution >= 0.6 is 34.8 Å². The fourth-order valence-corrected chi connectivity index (χ4v) is 5.81. The van der Waals surface area contributed by atoms with E-state index in [9.17, 15) is 19.2 Å². The van der Waals surface area contributed by atoms with Gasteiger partial charge in [-0.3, -0.25) is 9.59 Å². The molecule has 0 saturated carbocycles. The van der Waals surface area contributed by atoms with Gasteiger partial charge in [0.05, 0.1) is 17.4 Å². The van der Waals surface area contributed by atoms with Crippen molar-refractivity contribution in [2.24, 2.45) is 0 Å². The smallest absolute Gasteiger partial charge is 0.407 e. The average Bonchev–Trinajstić information content (AvgIpc) is 3.14. The fraction of sp³-hybridized carbons (Fsp3) is 0.349. The van der Waals surface area contributed by atoms with Crippen molar-refractivity contribution in [3.05, 3.63) is 131 Å². The van der Waals surface area contributed by atoms with Gasteiger partial charge in [0.2, 0.25) is 0 Å². The van der Waals surface area contributed by atoms with Crippen LogP contribution in [0.1, 0.15) is 73.4 Å². The molecular weight excluding hydrogens is 775 g/mol. The zero-order chi connectivity index (χ0) is 41.3. The molecule has 0 bridgehead atoms. The van der Waals surface area contributed by atoms with Crippen LogP contribution in [0.5, 0.6) is 0 Å². The number of nitrogens with one attached hydrogen (secondary N) is 3. The third-order valence-electron chi connectivity index (χ3n) is 7.88. The third kappa shape index (κ3) is 16.1. The zero-order valence-electron chi connectivity index (χ0n) is 32.6. The molecule has 2 atom stereocenters. The first-order chi connectivity index (χ1) is 26.5. The first-order valence-corrected chi connectivity index (χ1v) is 19.6. The van der Waals surface area contributed by atoms with Crippen LogP contribution in [0.4, 0.5) is 21.0 Å². The van der Waals surface area contributed by atoms with Crippen LogP contribution in [0.15, 0.2) is 109 Å². The van der Waals surface area contributed by atoms with E-state index in [2.05, 4.69) is 28.1 Å². The number of hydrogen-bond donors (Lipinski definition) is 3. The summed E-state index contributed by atoms with van der Waals surface area (Å²) in [5.74, 6) is -0.0752. The van der Waals surface area contributed by atoms with E-state index in [1.54, 1.807) is 41.3 Å². The van der Waals surface area contributed by atoms with Crippen LogP contribution in [-0.2, 0) is 22.3 Å². The number of alkyl carbamates (subject to hydrolysis) is 2. The van der Waals surface area contributed by atoms with E-state index in [-0.39, 0.29) is 29.4 Å². The lowest BCUT2D eigenvalue weighted by Crippen LogP contribution is -2.51. The van der Waals surface area contributed by atoms with Crippen LogP contribution in [-0.4, -0.2) is 65.1 Å². The molecule has 0 aromatic heterocycles. The first kappa shape index (κ1) is 45.6. The van der Waals surface area contributed by atoms with Crippen LogP contribution in [0.3, 0.4) is 0 Å². The molecule has 0 radical (unpaired) electrons. The van der Waals surface area contributed by atoms with Crippen LogP contribution < -0.4 is 20.9 Å². The quantitative estimate of drug-likeness (QED) is 0.138. The maximum atomic E-state index is 13.0. The molecule has 13 heteroatoms. The SMILES string of the molecule is CC(C)(C)OC(=O)NC1CNc2ccccc2C1.CC(C)(C)OC(=O)NC1Cc2ccccc2N(C(=O)c2ccccc2)C1.ClCCl.O=C(Cl)c1ccccc1. The first-order valence-electron chi connectivity index (χ1n) is 18.1. The van der Waals surface area contributed by atoms with Crippen molar-refractivity contribution in [1.82, 2.24) is 10.6 Å². The van der Waals surface area contributed by atoms with Gasteiger partial charge in [-0.15, -0.1) is 23.2 Å². The van der Waals surface area contributed by atoms with E-state index in [1.807, 2.05) is 102 Å². The Bertz CT molecular complexity index is 1870. The lowest BCUT2D eigenvalue weighted by molar-refractivity contribution is 0.0493. The number of amides is 3. The summed E-state index contributed by atoms with van der Waals surface area (Å²) in [6.45, 7) is 12.2. The Morgan fingerprint density at radius 1 is 0.661 bits per heavy atom. The number of para-hydroxylation sites is 2. The predicted molar refractivity (Wildman–Crippen MR) is 226 cm³/mol. The van der Waals surface area contributed by atoms with E-state index in [1.165, 1.54) is 5.56 Å². The second-order valence-electron chi connectivity index (χ2n) is 14.8. The van der Waals surface area contributed by atoms with Gasteiger partial charge in [0.1, 0.15) is 11.2 Å². The van der Waals surface area contributed by atoms with Crippen molar-refractivity contribution >= 4 is 69.5 Å². The van der Waals surface area contributed by atoms with E-state index in [4.69, 9.17) is 44.3 Å². The van der Waals surface area contributed by atoms with E-state index >= 15 is 0 Å². The molecule has 6 rings (SSSR count). The Hall–Kier alpha value is -4.77. The number of anilines is 2. The Morgan fingerprint density at radius 3 is 1.62 bits per heavy atom. The highest BCUT2D eigenvalue weighted by Gasteiger charge is 2.31. The average molecular weight is 826 g/mol. The molecule has 0 saturated heterocycles. The van der Waals surface area contributed by atoms with E-state index < -0.39 is 22.5 Å². The number of ether oxygens (including phenoxy) is 2. The maximum absolute atomic E-state index is 13.0. The molecule has 3 amide bonds. The minimum Gasteiger partial charge on any atom is -0.444 e. The minimum absolute atomic E-state index is 0.0752. The minimum atomic E-state index is -0.559. The summed E-state index contributed by atoms with van der Waals surface area (Å²) in [4.78, 5) is 49.0. The Labute approximate surface area is 345 Å². The summed E-state index contributed by atoms with van der Waals surface area (Å²) in [6, 6.07) is 33.7. The number of carbonyl (C=O) groups is 4. The molecule has 2 heterocycles. The summed E-state index contributed by atoms with van der Waals surface area (Å²) in [5, 5.41) is 8.89. The normalized spacial score (nSPS) is 15.4. The zero-order valence-corrected chi connectivity index (χ0v) is 34.9. The van der Waals surface area contributed by atoms with Crippen molar-refractivity contribution in [3.63, 3.8) is 0 Å². The molecule has 4 aromatic rings. The second-order valence-corrected chi connectivity index (χ2v) is 15.9. The monoisotopic (exact) mass is 824 g/mol. The van der Waals surface area contributed by atoms with Crippen LogP contribution in [0, 0.1) is 0 Å². The van der Waals surface area contributed by atoms with Gasteiger partial charge in [0.15, 0.2) is 0 Å². The summed E-state index contributed by atoms with van der Waals surface area (Å²) in [7, 11) is 0.